The molecule has 0 radical (unpaired) electrons. The van der Waals surface area contributed by atoms with E-state index < -0.39 is 0 Å². The predicted octanol–water partition coefficient (Wildman–Crippen LogP) is 2.50. The van der Waals surface area contributed by atoms with Crippen molar-refractivity contribution in [3.05, 3.63) is 51.7 Å². The lowest BCUT2D eigenvalue weighted by molar-refractivity contribution is -0.123. The van der Waals surface area contributed by atoms with Crippen LogP contribution in [0.4, 0.5) is 0 Å². The molecule has 4 nitrogen and oxygen atoms in total. The number of para-hydroxylation sites is 1. The largest absolute Gasteiger partial charge is 0.483 e. The van der Waals surface area contributed by atoms with Crippen LogP contribution in [0, 0.1) is 0 Å². The Morgan fingerprint density at radius 3 is 2.71 bits per heavy atom. The normalized spacial score (nSPS) is 10.4. The molecule has 0 saturated heterocycles. The van der Waals surface area contributed by atoms with E-state index in [4.69, 9.17) is 4.74 Å². The van der Waals surface area contributed by atoms with Crippen LogP contribution in [0.15, 0.2) is 36.4 Å². The van der Waals surface area contributed by atoms with Gasteiger partial charge in [-0.05, 0) is 24.6 Å². The zero-order chi connectivity index (χ0) is 15.1. The minimum absolute atomic E-state index is 0.0526. The van der Waals surface area contributed by atoms with Gasteiger partial charge in [0.25, 0.3) is 5.91 Å². The Hall–Kier alpha value is -1.85. The Bertz CT molecular complexity index is 595. The Balaban J connectivity index is 1.79. The van der Waals surface area contributed by atoms with Crippen molar-refractivity contribution in [3.8, 4) is 5.75 Å². The monoisotopic (exact) mass is 305 g/mol. The number of benzene rings is 1. The van der Waals surface area contributed by atoms with Crippen LogP contribution in [-0.2, 0) is 24.4 Å². The maximum Gasteiger partial charge on any atom is 0.258 e. The molecular weight excluding hydrogens is 286 g/mol. The van der Waals surface area contributed by atoms with Crippen LogP contribution in [-0.4, -0.2) is 17.6 Å². The van der Waals surface area contributed by atoms with E-state index in [-0.39, 0.29) is 19.1 Å². The lowest BCUT2D eigenvalue weighted by atomic mass is 10.2. The van der Waals surface area contributed by atoms with Crippen molar-refractivity contribution in [2.45, 2.75) is 26.5 Å². The third kappa shape index (κ3) is 4.58. The van der Waals surface area contributed by atoms with Gasteiger partial charge in [-0.3, -0.25) is 4.79 Å². The van der Waals surface area contributed by atoms with E-state index in [1.165, 1.54) is 4.88 Å². The summed E-state index contributed by atoms with van der Waals surface area (Å²) in [6.45, 7) is 2.48. The molecule has 21 heavy (non-hydrogen) atoms. The fourth-order valence-corrected chi connectivity index (χ4v) is 2.76. The number of aliphatic hydroxyl groups is 1. The molecule has 5 heteroatoms. The highest BCUT2D eigenvalue weighted by Crippen LogP contribution is 2.18. The van der Waals surface area contributed by atoms with Crippen molar-refractivity contribution < 1.29 is 14.6 Å². The summed E-state index contributed by atoms with van der Waals surface area (Å²) in [6, 6.07) is 11.3. The first kappa shape index (κ1) is 15.5. The second-order valence-electron chi connectivity index (χ2n) is 4.55. The highest BCUT2D eigenvalue weighted by atomic mass is 32.1. The van der Waals surface area contributed by atoms with Crippen molar-refractivity contribution in [2.24, 2.45) is 0 Å². The average Bonchev–Trinajstić information content (AvgIpc) is 2.99. The Labute approximate surface area is 128 Å². The second kappa shape index (κ2) is 7.81. The number of hydrogen-bond acceptors (Lipinski definition) is 4. The number of carbonyl (C=O) groups is 1. The van der Waals surface area contributed by atoms with Crippen molar-refractivity contribution in [1.82, 2.24) is 5.32 Å². The van der Waals surface area contributed by atoms with Gasteiger partial charge in [0, 0.05) is 15.3 Å². The van der Waals surface area contributed by atoms with Gasteiger partial charge in [0.15, 0.2) is 6.61 Å². The molecule has 0 fully saturated rings. The van der Waals surface area contributed by atoms with Gasteiger partial charge in [-0.25, -0.2) is 0 Å². The molecule has 1 aromatic heterocycles. The third-order valence-electron chi connectivity index (χ3n) is 3.03. The van der Waals surface area contributed by atoms with Crippen LogP contribution >= 0.6 is 11.3 Å². The second-order valence-corrected chi connectivity index (χ2v) is 5.81. The highest BCUT2D eigenvalue weighted by molar-refractivity contribution is 7.11. The van der Waals surface area contributed by atoms with Crippen LogP contribution in [0.1, 0.15) is 22.2 Å². The summed E-state index contributed by atoms with van der Waals surface area (Å²) in [6.07, 6.45) is 1.01. The predicted molar refractivity (Wildman–Crippen MR) is 83.4 cm³/mol. The van der Waals surface area contributed by atoms with Gasteiger partial charge >= 0.3 is 0 Å². The number of hydrogen-bond donors (Lipinski definition) is 2. The van der Waals surface area contributed by atoms with Crippen molar-refractivity contribution in [2.75, 3.05) is 6.61 Å². The van der Waals surface area contributed by atoms with Crippen LogP contribution < -0.4 is 10.1 Å². The Morgan fingerprint density at radius 1 is 1.24 bits per heavy atom. The van der Waals surface area contributed by atoms with E-state index in [2.05, 4.69) is 18.3 Å². The van der Waals surface area contributed by atoms with Crippen LogP contribution in [0.5, 0.6) is 5.75 Å². The fraction of sp³-hybridized carbons (Fsp3) is 0.312. The van der Waals surface area contributed by atoms with Gasteiger partial charge in [0.1, 0.15) is 5.75 Å². The zero-order valence-corrected chi connectivity index (χ0v) is 12.8. The minimum atomic E-state index is -0.172. The average molecular weight is 305 g/mol. The van der Waals surface area contributed by atoms with Gasteiger partial charge in [-0.15, -0.1) is 11.3 Å². The van der Waals surface area contributed by atoms with E-state index in [0.717, 1.165) is 11.3 Å². The van der Waals surface area contributed by atoms with Gasteiger partial charge in [-0.1, -0.05) is 25.1 Å². The number of nitrogens with one attached hydrogen (secondary N) is 1. The summed E-state index contributed by atoms with van der Waals surface area (Å²) < 4.78 is 5.44. The van der Waals surface area contributed by atoms with Crippen LogP contribution in [0.25, 0.3) is 0 Å². The quantitative estimate of drug-likeness (QED) is 0.826. The van der Waals surface area contributed by atoms with E-state index in [1.54, 1.807) is 23.5 Å². The topological polar surface area (TPSA) is 58.6 Å². The summed E-state index contributed by atoms with van der Waals surface area (Å²) >= 11 is 1.71. The van der Waals surface area contributed by atoms with Gasteiger partial charge < -0.3 is 15.2 Å². The summed E-state index contributed by atoms with van der Waals surface area (Å²) in [5.74, 6) is 0.369. The summed E-state index contributed by atoms with van der Waals surface area (Å²) in [7, 11) is 0. The zero-order valence-electron chi connectivity index (χ0n) is 12.0. The van der Waals surface area contributed by atoms with Crippen LogP contribution in [0.2, 0.25) is 0 Å². The molecule has 1 aromatic carbocycles. The molecule has 2 rings (SSSR count). The van der Waals surface area contributed by atoms with Crippen molar-refractivity contribution in [3.63, 3.8) is 0 Å². The molecule has 0 aliphatic heterocycles. The van der Waals surface area contributed by atoms with Gasteiger partial charge in [0.2, 0.25) is 0 Å². The smallest absolute Gasteiger partial charge is 0.258 e. The van der Waals surface area contributed by atoms with E-state index >= 15 is 0 Å². The molecule has 1 heterocycles. The molecule has 2 aromatic rings. The maximum absolute atomic E-state index is 11.8. The molecule has 0 spiro atoms. The molecule has 2 N–H and O–H groups in total. The number of ether oxygens (including phenoxy) is 1. The standard InChI is InChI=1S/C16H19NO3S/c1-2-13-7-8-14(21-13)9-17-16(19)11-20-15-6-4-3-5-12(15)10-18/h3-8,18H,2,9-11H2,1H3,(H,17,19). The number of rotatable bonds is 7. The molecule has 0 bridgehead atoms. The van der Waals surface area contributed by atoms with E-state index in [9.17, 15) is 9.90 Å². The lowest BCUT2D eigenvalue weighted by Crippen LogP contribution is -2.28. The first-order valence-electron chi connectivity index (χ1n) is 6.88. The van der Waals surface area contributed by atoms with Crippen molar-refractivity contribution in [1.29, 1.82) is 0 Å². The molecule has 0 atom stereocenters. The minimum Gasteiger partial charge on any atom is -0.483 e. The third-order valence-corrected chi connectivity index (χ3v) is 4.26. The van der Waals surface area contributed by atoms with E-state index in [0.29, 0.717) is 17.9 Å². The van der Waals surface area contributed by atoms with Gasteiger partial charge in [-0.2, -0.15) is 0 Å². The molecular formula is C16H19NO3S. The fourth-order valence-electron chi connectivity index (χ4n) is 1.86. The SMILES string of the molecule is CCc1ccc(CNC(=O)COc2ccccc2CO)s1. The molecule has 112 valence electrons. The molecule has 1 amide bonds. The summed E-state index contributed by atoms with van der Waals surface area (Å²) in [4.78, 5) is 14.2. The number of aryl methyl sites for hydroxylation is 1. The Morgan fingerprint density at radius 2 is 2.00 bits per heavy atom. The first-order chi connectivity index (χ1) is 10.2. The molecule has 0 aliphatic carbocycles. The molecule has 0 aliphatic rings. The summed E-state index contributed by atoms with van der Waals surface area (Å²) in [5, 5.41) is 12.0. The highest BCUT2D eigenvalue weighted by Gasteiger charge is 2.06. The molecule has 0 saturated carbocycles. The summed E-state index contributed by atoms with van der Waals surface area (Å²) in [5.41, 5.74) is 0.677. The number of aliphatic hydroxyl groups excluding tert-OH is 1. The van der Waals surface area contributed by atoms with Gasteiger partial charge in [0.05, 0.1) is 13.2 Å². The van der Waals surface area contributed by atoms with Crippen LogP contribution in [0.3, 0.4) is 0 Å². The molecule has 0 unspecified atom stereocenters. The number of carbonyl (C=O) groups excluding carboxylic acids is 1. The number of thiophene rings is 1. The maximum atomic E-state index is 11.8. The number of amides is 1. The lowest BCUT2D eigenvalue weighted by Gasteiger charge is -2.09. The first-order valence-corrected chi connectivity index (χ1v) is 7.70. The van der Waals surface area contributed by atoms with E-state index in [1.807, 2.05) is 18.2 Å². The Kier molecular flexibility index (Phi) is 5.78. The van der Waals surface area contributed by atoms with Crippen molar-refractivity contribution >= 4 is 17.2 Å².